The van der Waals surface area contributed by atoms with Gasteiger partial charge in [0.1, 0.15) is 12.2 Å². The van der Waals surface area contributed by atoms with E-state index in [2.05, 4.69) is 0 Å². The summed E-state index contributed by atoms with van der Waals surface area (Å²) in [5.74, 6) is -1.79. The number of halogens is 2. The van der Waals surface area contributed by atoms with Gasteiger partial charge in [0.05, 0.1) is 0 Å². The number of nitrogens with two attached hydrogens (primary N) is 1. The minimum absolute atomic E-state index is 0.134. The van der Waals surface area contributed by atoms with E-state index >= 15 is 0 Å². The summed E-state index contributed by atoms with van der Waals surface area (Å²) in [7, 11) is 1.50. The van der Waals surface area contributed by atoms with Crippen LogP contribution in [0, 0.1) is 11.6 Å². The summed E-state index contributed by atoms with van der Waals surface area (Å²) in [6.07, 6.45) is -0.155. The summed E-state index contributed by atoms with van der Waals surface area (Å²) in [6, 6.07) is 3.46. The highest BCUT2D eigenvalue weighted by Crippen LogP contribution is 2.30. The Kier molecular flexibility index (Phi) is 3.07. The molecule has 0 spiro atoms. The smallest absolute Gasteiger partial charge is 0.191 e. The van der Waals surface area contributed by atoms with Crippen LogP contribution in [0.2, 0.25) is 0 Å². The molecule has 0 amide bonds. The highest BCUT2D eigenvalue weighted by atomic mass is 19.1. The maximum atomic E-state index is 13.3. The molecule has 0 aliphatic heterocycles. The Bertz CT molecular complexity index is 366. The highest BCUT2D eigenvalue weighted by molar-refractivity contribution is 5.27. The second-order valence-electron chi connectivity index (χ2n) is 3.81. The molecular formula is C11H13F2NO2. The third-order valence-electron chi connectivity index (χ3n) is 2.75. The van der Waals surface area contributed by atoms with Crippen molar-refractivity contribution in [3.8, 4) is 5.75 Å². The van der Waals surface area contributed by atoms with Crippen molar-refractivity contribution in [3.63, 3.8) is 0 Å². The first kappa shape index (κ1) is 11.3. The lowest BCUT2D eigenvalue weighted by atomic mass is 9.86. The van der Waals surface area contributed by atoms with Crippen LogP contribution in [0.5, 0.6) is 5.75 Å². The lowest BCUT2D eigenvalue weighted by Crippen LogP contribution is -2.59. The monoisotopic (exact) mass is 229 g/mol. The molecule has 1 fully saturated rings. The average molecular weight is 229 g/mol. The molecule has 1 aromatic carbocycles. The van der Waals surface area contributed by atoms with Crippen molar-refractivity contribution in [1.82, 2.24) is 0 Å². The predicted molar refractivity (Wildman–Crippen MR) is 54.2 cm³/mol. The molecule has 88 valence electrons. The molecule has 3 unspecified atom stereocenters. The predicted octanol–water partition coefficient (Wildman–Crippen LogP) is 1.46. The first-order valence-electron chi connectivity index (χ1n) is 5.02. The third kappa shape index (κ3) is 1.88. The fourth-order valence-corrected chi connectivity index (χ4v) is 1.80. The number of para-hydroxylation sites is 1. The van der Waals surface area contributed by atoms with Gasteiger partial charge in [0.15, 0.2) is 17.4 Å². The Hall–Kier alpha value is -1.20. The van der Waals surface area contributed by atoms with Gasteiger partial charge >= 0.3 is 0 Å². The third-order valence-corrected chi connectivity index (χ3v) is 2.75. The normalized spacial score (nSPS) is 28.6. The van der Waals surface area contributed by atoms with Gasteiger partial charge in [0.25, 0.3) is 0 Å². The van der Waals surface area contributed by atoms with Gasteiger partial charge in [0.2, 0.25) is 0 Å². The zero-order valence-corrected chi connectivity index (χ0v) is 8.82. The van der Waals surface area contributed by atoms with E-state index in [-0.39, 0.29) is 24.0 Å². The molecule has 1 saturated carbocycles. The van der Waals surface area contributed by atoms with Crippen molar-refractivity contribution in [1.29, 1.82) is 0 Å². The Labute approximate surface area is 92.1 Å². The number of ether oxygens (including phenoxy) is 2. The summed E-state index contributed by atoms with van der Waals surface area (Å²) in [6.45, 7) is 0. The molecule has 1 aliphatic carbocycles. The van der Waals surface area contributed by atoms with E-state index in [9.17, 15) is 8.78 Å². The van der Waals surface area contributed by atoms with Gasteiger partial charge in [-0.05, 0) is 12.1 Å². The lowest BCUT2D eigenvalue weighted by Gasteiger charge is -2.40. The second-order valence-corrected chi connectivity index (χ2v) is 3.81. The van der Waals surface area contributed by atoms with Crippen LogP contribution >= 0.6 is 0 Å². The standard InChI is InChI=1S/C11H13F2NO2/c1-15-11-8(14)5-9(11)16-10-6(12)3-2-4-7(10)13/h2-4,8-9,11H,5,14H2,1H3. The topological polar surface area (TPSA) is 44.5 Å². The van der Waals surface area contributed by atoms with Gasteiger partial charge in [0, 0.05) is 19.6 Å². The SMILES string of the molecule is COC1C(N)CC1Oc1c(F)cccc1F. The number of benzene rings is 1. The van der Waals surface area contributed by atoms with E-state index in [1.54, 1.807) is 0 Å². The van der Waals surface area contributed by atoms with Crippen LogP contribution in [0.15, 0.2) is 18.2 Å². The minimum Gasteiger partial charge on any atom is -0.481 e. The van der Waals surface area contributed by atoms with Crippen LogP contribution in [0.4, 0.5) is 8.78 Å². The van der Waals surface area contributed by atoms with Crippen LogP contribution in [0.3, 0.4) is 0 Å². The quantitative estimate of drug-likeness (QED) is 0.853. The average Bonchev–Trinajstić information content (AvgIpc) is 2.22. The Morgan fingerprint density at radius 1 is 1.31 bits per heavy atom. The van der Waals surface area contributed by atoms with Crippen molar-refractivity contribution >= 4 is 0 Å². The zero-order valence-electron chi connectivity index (χ0n) is 8.82. The minimum atomic E-state index is -0.713. The molecular weight excluding hydrogens is 216 g/mol. The van der Waals surface area contributed by atoms with E-state index in [1.165, 1.54) is 13.2 Å². The van der Waals surface area contributed by atoms with Crippen molar-refractivity contribution in [2.24, 2.45) is 5.73 Å². The fraction of sp³-hybridized carbons (Fsp3) is 0.455. The molecule has 1 aromatic rings. The molecule has 16 heavy (non-hydrogen) atoms. The van der Waals surface area contributed by atoms with Gasteiger partial charge < -0.3 is 15.2 Å². The van der Waals surface area contributed by atoms with Crippen molar-refractivity contribution < 1.29 is 18.3 Å². The molecule has 2 N–H and O–H groups in total. The molecule has 1 aliphatic rings. The van der Waals surface area contributed by atoms with Gasteiger partial charge in [-0.25, -0.2) is 8.78 Å². The van der Waals surface area contributed by atoms with Crippen LogP contribution in [0.1, 0.15) is 6.42 Å². The van der Waals surface area contributed by atoms with E-state index in [0.717, 1.165) is 12.1 Å². The summed E-state index contributed by atoms with van der Waals surface area (Å²) in [5, 5.41) is 0. The van der Waals surface area contributed by atoms with E-state index in [0.29, 0.717) is 6.42 Å². The molecule has 3 atom stereocenters. The molecule has 0 saturated heterocycles. The summed E-state index contributed by atoms with van der Waals surface area (Å²) in [4.78, 5) is 0. The van der Waals surface area contributed by atoms with Gasteiger partial charge in [-0.3, -0.25) is 0 Å². The van der Waals surface area contributed by atoms with E-state index in [4.69, 9.17) is 15.2 Å². The van der Waals surface area contributed by atoms with Crippen LogP contribution < -0.4 is 10.5 Å². The summed E-state index contributed by atoms with van der Waals surface area (Å²) in [5.41, 5.74) is 5.66. The molecule has 0 radical (unpaired) electrons. The lowest BCUT2D eigenvalue weighted by molar-refractivity contribution is -0.0805. The first-order valence-corrected chi connectivity index (χ1v) is 5.02. The van der Waals surface area contributed by atoms with Crippen LogP contribution in [-0.4, -0.2) is 25.4 Å². The van der Waals surface area contributed by atoms with Crippen LogP contribution in [0.25, 0.3) is 0 Å². The molecule has 5 heteroatoms. The fourth-order valence-electron chi connectivity index (χ4n) is 1.80. The largest absolute Gasteiger partial charge is 0.481 e. The van der Waals surface area contributed by atoms with E-state index < -0.39 is 11.6 Å². The highest BCUT2D eigenvalue weighted by Gasteiger charge is 2.41. The van der Waals surface area contributed by atoms with Crippen molar-refractivity contribution in [2.45, 2.75) is 24.7 Å². The molecule has 0 heterocycles. The summed E-state index contributed by atoms with van der Waals surface area (Å²) < 4.78 is 36.8. The molecule has 3 nitrogen and oxygen atoms in total. The molecule has 0 aromatic heterocycles. The summed E-state index contributed by atoms with van der Waals surface area (Å²) >= 11 is 0. The number of methoxy groups -OCH3 is 1. The maximum absolute atomic E-state index is 13.3. The molecule has 0 bridgehead atoms. The Morgan fingerprint density at radius 3 is 2.44 bits per heavy atom. The first-order chi connectivity index (χ1) is 7.63. The zero-order chi connectivity index (χ0) is 11.7. The van der Waals surface area contributed by atoms with Gasteiger partial charge in [-0.1, -0.05) is 6.07 Å². The number of hydrogen-bond acceptors (Lipinski definition) is 3. The van der Waals surface area contributed by atoms with Crippen LogP contribution in [-0.2, 0) is 4.74 Å². The molecule has 2 rings (SSSR count). The van der Waals surface area contributed by atoms with Gasteiger partial charge in [-0.2, -0.15) is 0 Å². The van der Waals surface area contributed by atoms with Gasteiger partial charge in [-0.15, -0.1) is 0 Å². The maximum Gasteiger partial charge on any atom is 0.191 e. The van der Waals surface area contributed by atoms with E-state index in [1.807, 2.05) is 0 Å². The second kappa shape index (κ2) is 4.35. The van der Waals surface area contributed by atoms with Crippen molar-refractivity contribution in [2.75, 3.05) is 7.11 Å². The Balaban J connectivity index is 2.10. The Morgan fingerprint density at radius 2 is 1.94 bits per heavy atom. The van der Waals surface area contributed by atoms with Crippen molar-refractivity contribution in [3.05, 3.63) is 29.8 Å². The number of hydrogen-bond donors (Lipinski definition) is 1. The number of rotatable bonds is 3.